The molecule has 0 atom stereocenters. The number of anilines is 1. The van der Waals surface area contributed by atoms with Crippen molar-refractivity contribution < 1.29 is 8.42 Å². The first-order chi connectivity index (χ1) is 6.48. The van der Waals surface area contributed by atoms with Gasteiger partial charge >= 0.3 is 0 Å². The highest BCUT2D eigenvalue weighted by atomic mass is 32.2. The number of thiophene rings is 1. The van der Waals surface area contributed by atoms with Crippen LogP contribution in [0.2, 0.25) is 0 Å². The van der Waals surface area contributed by atoms with Crippen molar-refractivity contribution in [3.63, 3.8) is 0 Å². The zero-order valence-electron chi connectivity index (χ0n) is 7.60. The van der Waals surface area contributed by atoms with Crippen LogP contribution < -0.4 is 5.73 Å². The van der Waals surface area contributed by atoms with Crippen LogP contribution in [0.1, 0.15) is 0 Å². The first-order valence-electron chi connectivity index (χ1n) is 3.72. The molecule has 0 unspecified atom stereocenters. The van der Waals surface area contributed by atoms with Gasteiger partial charge in [0, 0.05) is 18.1 Å². The average molecular weight is 230 g/mol. The van der Waals surface area contributed by atoms with Gasteiger partial charge in [-0.25, -0.2) is 8.42 Å². The molecule has 14 heavy (non-hydrogen) atoms. The lowest BCUT2D eigenvalue weighted by Gasteiger charge is -2.11. The Morgan fingerprint density at radius 3 is 2.79 bits per heavy atom. The molecule has 1 aromatic heterocycles. The summed E-state index contributed by atoms with van der Waals surface area (Å²) in [6, 6.07) is 1.42. The third-order valence-electron chi connectivity index (χ3n) is 1.57. The zero-order valence-corrected chi connectivity index (χ0v) is 9.23. The lowest BCUT2D eigenvalue weighted by molar-refractivity contribution is 0.505. The Bertz CT molecular complexity index is 456. The number of sulfonamides is 1. The van der Waals surface area contributed by atoms with Crippen molar-refractivity contribution >= 4 is 27.0 Å². The first-order valence-corrected chi connectivity index (χ1v) is 6.04. The molecule has 0 fully saturated rings. The minimum atomic E-state index is -3.45. The molecule has 0 aromatic carbocycles. The summed E-state index contributed by atoms with van der Waals surface area (Å²) >= 11 is 1.09. The van der Waals surface area contributed by atoms with E-state index in [2.05, 4.69) is 5.92 Å². The molecular weight excluding hydrogens is 220 g/mol. The molecule has 2 N–H and O–H groups in total. The molecule has 0 spiro atoms. The third-order valence-corrected chi connectivity index (χ3v) is 4.81. The van der Waals surface area contributed by atoms with Crippen molar-refractivity contribution in [2.24, 2.45) is 0 Å². The van der Waals surface area contributed by atoms with E-state index in [0.717, 1.165) is 15.6 Å². The third kappa shape index (κ3) is 2.07. The highest BCUT2D eigenvalue weighted by Gasteiger charge is 2.21. The van der Waals surface area contributed by atoms with E-state index < -0.39 is 10.0 Å². The van der Waals surface area contributed by atoms with E-state index in [4.69, 9.17) is 12.2 Å². The Morgan fingerprint density at radius 2 is 2.36 bits per heavy atom. The Balaban J connectivity index is 3.03. The molecule has 4 nitrogen and oxygen atoms in total. The van der Waals surface area contributed by atoms with Gasteiger partial charge in [0.05, 0.1) is 6.54 Å². The second-order valence-corrected chi connectivity index (χ2v) is 5.85. The maximum Gasteiger partial charge on any atom is 0.253 e. The molecule has 0 aliphatic heterocycles. The predicted molar refractivity (Wildman–Crippen MR) is 57.4 cm³/mol. The normalized spacial score (nSPS) is 11.5. The van der Waals surface area contributed by atoms with E-state index in [0.29, 0.717) is 5.69 Å². The summed E-state index contributed by atoms with van der Waals surface area (Å²) in [6.45, 7) is 0.0557. The van der Waals surface area contributed by atoms with E-state index in [1.54, 1.807) is 5.38 Å². The van der Waals surface area contributed by atoms with Crippen molar-refractivity contribution in [2.75, 3.05) is 19.3 Å². The topological polar surface area (TPSA) is 63.4 Å². The SMILES string of the molecule is C#CCN(C)S(=O)(=O)c1cc(N)cs1. The van der Waals surface area contributed by atoms with Crippen LogP contribution in [0.15, 0.2) is 15.7 Å². The number of nitrogens with zero attached hydrogens (tertiary/aromatic N) is 1. The monoisotopic (exact) mass is 230 g/mol. The van der Waals surface area contributed by atoms with Crippen LogP contribution in [0.3, 0.4) is 0 Å². The van der Waals surface area contributed by atoms with Crippen LogP contribution in [0.5, 0.6) is 0 Å². The number of hydrogen-bond acceptors (Lipinski definition) is 4. The van der Waals surface area contributed by atoms with Crippen molar-refractivity contribution in [2.45, 2.75) is 4.21 Å². The summed E-state index contributed by atoms with van der Waals surface area (Å²) in [5.41, 5.74) is 5.88. The van der Waals surface area contributed by atoms with E-state index in [9.17, 15) is 8.42 Å². The predicted octanol–water partition coefficient (Wildman–Crippen LogP) is 0.584. The average Bonchev–Trinajstić information content (AvgIpc) is 2.52. The van der Waals surface area contributed by atoms with Crippen LogP contribution in [0.25, 0.3) is 0 Å². The van der Waals surface area contributed by atoms with Gasteiger partial charge in [-0.15, -0.1) is 17.8 Å². The maximum absolute atomic E-state index is 11.7. The van der Waals surface area contributed by atoms with Gasteiger partial charge < -0.3 is 5.73 Å². The second kappa shape index (κ2) is 4.00. The smallest absolute Gasteiger partial charge is 0.253 e. The Morgan fingerprint density at radius 1 is 1.71 bits per heavy atom. The summed E-state index contributed by atoms with van der Waals surface area (Å²) in [5.74, 6) is 2.27. The van der Waals surface area contributed by atoms with Gasteiger partial charge in [-0.2, -0.15) is 4.31 Å². The van der Waals surface area contributed by atoms with Gasteiger partial charge in [-0.1, -0.05) is 5.92 Å². The van der Waals surface area contributed by atoms with E-state index in [1.165, 1.54) is 13.1 Å². The number of hydrogen-bond donors (Lipinski definition) is 1. The maximum atomic E-state index is 11.7. The Kier molecular flexibility index (Phi) is 3.16. The number of nitrogens with two attached hydrogens (primary N) is 1. The first kappa shape index (κ1) is 11.0. The van der Waals surface area contributed by atoms with Crippen molar-refractivity contribution in [1.82, 2.24) is 4.31 Å². The molecule has 1 aromatic rings. The van der Waals surface area contributed by atoms with Gasteiger partial charge in [-0.3, -0.25) is 0 Å². The minimum absolute atomic E-state index is 0.0557. The zero-order chi connectivity index (χ0) is 10.8. The molecule has 0 bridgehead atoms. The van der Waals surface area contributed by atoms with Gasteiger partial charge in [-0.05, 0) is 6.07 Å². The van der Waals surface area contributed by atoms with Crippen molar-refractivity contribution in [3.05, 3.63) is 11.4 Å². The molecular formula is C8H10N2O2S2. The molecule has 6 heteroatoms. The van der Waals surface area contributed by atoms with Crippen LogP contribution in [-0.4, -0.2) is 26.3 Å². The molecule has 1 rings (SSSR count). The highest BCUT2D eigenvalue weighted by Crippen LogP contribution is 2.23. The molecule has 0 radical (unpaired) electrons. The van der Waals surface area contributed by atoms with Gasteiger partial charge in [0.2, 0.25) is 0 Å². The molecule has 0 aliphatic carbocycles. The number of nitrogen functional groups attached to an aromatic ring is 1. The number of terminal acetylenes is 1. The second-order valence-electron chi connectivity index (χ2n) is 2.66. The molecule has 0 aliphatic rings. The van der Waals surface area contributed by atoms with Crippen LogP contribution >= 0.6 is 11.3 Å². The van der Waals surface area contributed by atoms with Gasteiger partial charge in [0.1, 0.15) is 4.21 Å². The summed E-state index contributed by atoms with van der Waals surface area (Å²) in [5, 5.41) is 1.58. The van der Waals surface area contributed by atoms with E-state index >= 15 is 0 Å². The van der Waals surface area contributed by atoms with Crippen LogP contribution in [0, 0.1) is 12.3 Å². The summed E-state index contributed by atoms with van der Waals surface area (Å²) in [6.07, 6.45) is 5.03. The van der Waals surface area contributed by atoms with E-state index in [1.807, 2.05) is 0 Å². The van der Waals surface area contributed by atoms with Crippen molar-refractivity contribution in [3.8, 4) is 12.3 Å². The van der Waals surface area contributed by atoms with Crippen LogP contribution in [0.4, 0.5) is 5.69 Å². The molecule has 0 saturated heterocycles. The van der Waals surface area contributed by atoms with Gasteiger partial charge in [0.15, 0.2) is 0 Å². The lowest BCUT2D eigenvalue weighted by Crippen LogP contribution is -2.26. The standard InChI is InChI=1S/C8H10N2O2S2/c1-3-4-10(2)14(11,12)8-5-7(9)6-13-8/h1,5-6H,4,9H2,2H3. The summed E-state index contributed by atoms with van der Waals surface area (Å²) in [4.78, 5) is 0. The van der Waals surface area contributed by atoms with Gasteiger partial charge in [0.25, 0.3) is 10.0 Å². The minimum Gasteiger partial charge on any atom is -0.398 e. The molecule has 0 amide bonds. The fourth-order valence-corrected chi connectivity index (χ4v) is 3.21. The van der Waals surface area contributed by atoms with E-state index in [-0.39, 0.29) is 10.8 Å². The van der Waals surface area contributed by atoms with Crippen molar-refractivity contribution in [1.29, 1.82) is 0 Å². The number of rotatable bonds is 3. The Labute approximate surface area is 87.4 Å². The summed E-state index contributed by atoms with van der Waals surface area (Å²) < 4.78 is 24.8. The quantitative estimate of drug-likeness (QED) is 0.773. The highest BCUT2D eigenvalue weighted by molar-refractivity contribution is 7.91. The lowest BCUT2D eigenvalue weighted by atomic mass is 10.6. The molecule has 0 saturated carbocycles. The Hall–Kier alpha value is -1.03. The summed E-state index contributed by atoms with van der Waals surface area (Å²) in [7, 11) is -2.02. The molecule has 76 valence electrons. The van der Waals surface area contributed by atoms with Crippen LogP contribution in [-0.2, 0) is 10.0 Å². The largest absolute Gasteiger partial charge is 0.398 e. The fraction of sp³-hybridized carbons (Fsp3) is 0.250. The fourth-order valence-electron chi connectivity index (χ4n) is 0.833. The molecule has 1 heterocycles.